The Morgan fingerprint density at radius 2 is 2.35 bits per heavy atom. The summed E-state index contributed by atoms with van der Waals surface area (Å²) in [5, 5.41) is 5.38. The lowest BCUT2D eigenvalue weighted by atomic mass is 10.0. The number of pyridine rings is 1. The van der Waals surface area contributed by atoms with Crippen LogP contribution < -0.4 is 0 Å². The summed E-state index contributed by atoms with van der Waals surface area (Å²) in [5.41, 5.74) is 4.18. The minimum Gasteiger partial charge on any atom is -0.348 e. The van der Waals surface area contributed by atoms with E-state index in [1.54, 1.807) is 6.33 Å². The number of rotatable bonds is 1. The SMILES string of the molecule is CN1CCc2[nH]cnc2C1c1cc2c(Cl)cccn2n1. The van der Waals surface area contributed by atoms with Crippen molar-refractivity contribution in [2.75, 3.05) is 13.6 Å². The Kier molecular flexibility index (Phi) is 2.58. The van der Waals surface area contributed by atoms with Gasteiger partial charge in [-0.05, 0) is 25.2 Å². The molecule has 102 valence electrons. The number of fused-ring (bicyclic) bond motifs is 2. The third kappa shape index (κ3) is 1.67. The Balaban J connectivity index is 1.89. The normalized spacial score (nSPS) is 19.4. The summed E-state index contributed by atoms with van der Waals surface area (Å²) in [6.07, 6.45) is 4.68. The molecule has 0 aliphatic carbocycles. The third-order valence-electron chi connectivity index (χ3n) is 3.92. The summed E-state index contributed by atoms with van der Waals surface area (Å²) >= 11 is 6.23. The summed E-state index contributed by atoms with van der Waals surface area (Å²) in [4.78, 5) is 9.98. The molecule has 1 aliphatic rings. The number of hydrogen-bond donors (Lipinski definition) is 1. The molecule has 1 aliphatic heterocycles. The molecule has 1 N–H and O–H groups in total. The monoisotopic (exact) mass is 287 g/mol. The van der Waals surface area contributed by atoms with E-state index in [2.05, 4.69) is 27.0 Å². The lowest BCUT2D eigenvalue weighted by Gasteiger charge is -2.30. The molecule has 5 nitrogen and oxygen atoms in total. The predicted molar refractivity (Wildman–Crippen MR) is 77.0 cm³/mol. The van der Waals surface area contributed by atoms with Gasteiger partial charge >= 0.3 is 0 Å². The molecule has 4 rings (SSSR count). The average molecular weight is 288 g/mol. The fraction of sp³-hybridized carbons (Fsp3) is 0.286. The van der Waals surface area contributed by atoms with Gasteiger partial charge in [-0.2, -0.15) is 5.10 Å². The van der Waals surface area contributed by atoms with Crippen LogP contribution in [0.3, 0.4) is 0 Å². The van der Waals surface area contributed by atoms with Gasteiger partial charge in [0.2, 0.25) is 0 Å². The van der Waals surface area contributed by atoms with Crippen LogP contribution in [0.5, 0.6) is 0 Å². The van der Waals surface area contributed by atoms with Crippen LogP contribution in [0.2, 0.25) is 5.02 Å². The van der Waals surface area contributed by atoms with Crippen LogP contribution >= 0.6 is 11.6 Å². The second kappa shape index (κ2) is 4.33. The largest absolute Gasteiger partial charge is 0.348 e. The molecule has 0 amide bonds. The van der Waals surface area contributed by atoms with Gasteiger partial charge in [-0.3, -0.25) is 4.90 Å². The van der Waals surface area contributed by atoms with E-state index in [0.29, 0.717) is 5.02 Å². The Labute approximate surface area is 121 Å². The highest BCUT2D eigenvalue weighted by molar-refractivity contribution is 6.33. The van der Waals surface area contributed by atoms with Crippen LogP contribution in [0.1, 0.15) is 23.1 Å². The highest BCUT2D eigenvalue weighted by atomic mass is 35.5. The first-order chi connectivity index (χ1) is 9.74. The Bertz CT molecular complexity index is 775. The van der Waals surface area contributed by atoms with E-state index in [1.807, 2.05) is 28.9 Å². The van der Waals surface area contributed by atoms with Crippen molar-refractivity contribution in [2.45, 2.75) is 12.5 Å². The van der Waals surface area contributed by atoms with Crippen molar-refractivity contribution in [1.29, 1.82) is 0 Å². The van der Waals surface area contributed by atoms with Gasteiger partial charge < -0.3 is 4.98 Å². The number of halogens is 1. The molecule has 0 fully saturated rings. The molecule has 0 saturated carbocycles. The van der Waals surface area contributed by atoms with Crippen molar-refractivity contribution in [2.24, 2.45) is 0 Å². The maximum absolute atomic E-state index is 6.23. The Morgan fingerprint density at radius 1 is 1.45 bits per heavy atom. The lowest BCUT2D eigenvalue weighted by molar-refractivity contribution is 0.255. The molecule has 4 heterocycles. The topological polar surface area (TPSA) is 49.2 Å². The number of nitrogens with zero attached hydrogens (tertiary/aromatic N) is 4. The molecule has 0 aromatic carbocycles. The smallest absolute Gasteiger partial charge is 0.0985 e. The second-order valence-electron chi connectivity index (χ2n) is 5.15. The third-order valence-corrected chi connectivity index (χ3v) is 4.23. The number of hydrogen-bond acceptors (Lipinski definition) is 3. The van der Waals surface area contributed by atoms with E-state index in [0.717, 1.165) is 29.9 Å². The fourth-order valence-electron chi connectivity index (χ4n) is 2.89. The van der Waals surface area contributed by atoms with Crippen LogP contribution in [0, 0.1) is 0 Å². The zero-order chi connectivity index (χ0) is 13.7. The molecular weight excluding hydrogens is 274 g/mol. The standard InChI is InChI=1S/C14H14ClN5/c1-19-6-4-10-13(17-8-16-10)14(19)11-7-12-9(15)3-2-5-20(12)18-11/h2-3,5,7-8,14H,4,6H2,1H3,(H,16,17). The van der Waals surface area contributed by atoms with Crippen LogP contribution in [-0.4, -0.2) is 38.1 Å². The Hall–Kier alpha value is -1.85. The minimum absolute atomic E-state index is 0.0842. The molecule has 3 aromatic rings. The van der Waals surface area contributed by atoms with Crippen molar-refractivity contribution in [3.63, 3.8) is 0 Å². The van der Waals surface area contributed by atoms with Gasteiger partial charge in [0, 0.05) is 24.9 Å². The second-order valence-corrected chi connectivity index (χ2v) is 5.56. The fourth-order valence-corrected chi connectivity index (χ4v) is 3.11. The maximum Gasteiger partial charge on any atom is 0.0985 e. The lowest BCUT2D eigenvalue weighted by Crippen LogP contribution is -2.33. The first-order valence-corrected chi connectivity index (χ1v) is 6.98. The van der Waals surface area contributed by atoms with Crippen LogP contribution in [0.15, 0.2) is 30.7 Å². The maximum atomic E-state index is 6.23. The molecule has 0 spiro atoms. The summed E-state index contributed by atoms with van der Waals surface area (Å²) in [6.45, 7) is 0.988. The van der Waals surface area contributed by atoms with Gasteiger partial charge in [-0.15, -0.1) is 0 Å². The number of likely N-dealkylation sites (N-methyl/N-ethyl adjacent to an activating group) is 1. The molecule has 0 saturated heterocycles. The van der Waals surface area contributed by atoms with Crippen LogP contribution in [-0.2, 0) is 6.42 Å². The highest BCUT2D eigenvalue weighted by Crippen LogP contribution is 2.32. The zero-order valence-corrected chi connectivity index (χ0v) is 11.8. The van der Waals surface area contributed by atoms with Gasteiger partial charge in [0.1, 0.15) is 0 Å². The van der Waals surface area contributed by atoms with E-state index in [9.17, 15) is 0 Å². The quantitative estimate of drug-likeness (QED) is 0.747. The van der Waals surface area contributed by atoms with E-state index < -0.39 is 0 Å². The number of aromatic amines is 1. The van der Waals surface area contributed by atoms with E-state index >= 15 is 0 Å². The van der Waals surface area contributed by atoms with Crippen LogP contribution in [0.25, 0.3) is 5.52 Å². The van der Waals surface area contributed by atoms with E-state index in [4.69, 9.17) is 11.6 Å². The molecule has 0 bridgehead atoms. The van der Waals surface area contributed by atoms with Crippen molar-refractivity contribution in [1.82, 2.24) is 24.5 Å². The zero-order valence-electron chi connectivity index (χ0n) is 11.0. The predicted octanol–water partition coefficient (Wildman–Crippen LogP) is 2.29. The van der Waals surface area contributed by atoms with Crippen molar-refractivity contribution in [3.05, 3.63) is 52.8 Å². The van der Waals surface area contributed by atoms with Crippen molar-refractivity contribution >= 4 is 17.1 Å². The van der Waals surface area contributed by atoms with Crippen molar-refractivity contribution in [3.8, 4) is 0 Å². The van der Waals surface area contributed by atoms with Gasteiger partial charge in [0.15, 0.2) is 0 Å². The molecule has 6 heteroatoms. The molecule has 3 aromatic heterocycles. The van der Waals surface area contributed by atoms with Crippen molar-refractivity contribution < 1.29 is 0 Å². The summed E-state index contributed by atoms with van der Waals surface area (Å²) in [5.74, 6) is 0. The number of H-pyrrole nitrogens is 1. The average Bonchev–Trinajstić information content (AvgIpc) is 3.05. The molecule has 1 atom stereocenters. The number of imidazole rings is 1. The van der Waals surface area contributed by atoms with Gasteiger partial charge in [-0.1, -0.05) is 11.6 Å². The summed E-state index contributed by atoms with van der Waals surface area (Å²) in [6, 6.07) is 5.91. The summed E-state index contributed by atoms with van der Waals surface area (Å²) in [7, 11) is 2.11. The number of nitrogens with one attached hydrogen (secondary N) is 1. The van der Waals surface area contributed by atoms with Gasteiger partial charge in [0.25, 0.3) is 0 Å². The molecule has 20 heavy (non-hydrogen) atoms. The Morgan fingerprint density at radius 3 is 3.20 bits per heavy atom. The molecular formula is C14H14ClN5. The molecule has 1 unspecified atom stereocenters. The first-order valence-electron chi connectivity index (χ1n) is 6.60. The van der Waals surface area contributed by atoms with Gasteiger partial charge in [0.05, 0.1) is 34.3 Å². The molecule has 0 radical (unpaired) electrons. The van der Waals surface area contributed by atoms with E-state index in [1.165, 1.54) is 5.69 Å². The first kappa shape index (κ1) is 11.9. The van der Waals surface area contributed by atoms with Gasteiger partial charge in [-0.25, -0.2) is 9.50 Å². The number of aromatic nitrogens is 4. The highest BCUT2D eigenvalue weighted by Gasteiger charge is 2.30. The minimum atomic E-state index is 0.0842. The van der Waals surface area contributed by atoms with Crippen LogP contribution in [0.4, 0.5) is 0 Å². The van der Waals surface area contributed by atoms with E-state index in [-0.39, 0.29) is 6.04 Å². The summed E-state index contributed by atoms with van der Waals surface area (Å²) < 4.78 is 1.83.